The summed E-state index contributed by atoms with van der Waals surface area (Å²) in [4.78, 5) is 0. The van der Waals surface area contributed by atoms with E-state index in [-0.39, 0.29) is 11.9 Å². The number of unbranched alkanes of at least 4 members (excludes halogenated alkanes) is 13. The number of piperidine rings is 1. The lowest BCUT2D eigenvalue weighted by molar-refractivity contribution is -0.933. The topological polar surface area (TPSA) is 74.6 Å². The van der Waals surface area contributed by atoms with Crippen LogP contribution in [0.5, 0.6) is 0 Å². The Kier molecular flexibility index (Phi) is 15.3. The molecule has 2 N–H and O–H groups in total. The van der Waals surface area contributed by atoms with Crippen LogP contribution in [0.4, 0.5) is 0 Å². The van der Waals surface area contributed by atoms with Crippen LogP contribution in [0.25, 0.3) is 0 Å². The molecule has 1 heterocycles. The summed E-state index contributed by atoms with van der Waals surface area (Å²) in [5.41, 5.74) is 0. The molecule has 30 heavy (non-hydrogen) atoms. The van der Waals surface area contributed by atoms with Crippen LogP contribution < -0.4 is 0 Å². The van der Waals surface area contributed by atoms with Crippen LogP contribution in [0.3, 0.4) is 0 Å². The van der Waals surface area contributed by atoms with E-state index < -0.39 is 10.1 Å². The highest BCUT2D eigenvalue weighted by molar-refractivity contribution is 7.85. The van der Waals surface area contributed by atoms with Gasteiger partial charge < -0.3 is 9.59 Å². The highest BCUT2D eigenvalue weighted by atomic mass is 32.2. The first-order valence-electron chi connectivity index (χ1n) is 12.9. The summed E-state index contributed by atoms with van der Waals surface area (Å²) in [7, 11) is -3.87. The maximum Gasteiger partial charge on any atom is 0.265 e. The van der Waals surface area contributed by atoms with E-state index in [2.05, 4.69) is 6.92 Å². The number of likely N-dealkylation sites (tertiary alicyclic amines) is 1. The van der Waals surface area contributed by atoms with Gasteiger partial charge in [0, 0.05) is 19.3 Å². The normalized spacial score (nSPS) is 22.4. The maximum absolute atomic E-state index is 11.0. The highest BCUT2D eigenvalue weighted by Gasteiger charge is 2.32. The van der Waals surface area contributed by atoms with Gasteiger partial charge in [0.1, 0.15) is 0 Å². The summed E-state index contributed by atoms with van der Waals surface area (Å²) < 4.78 is 32.0. The molecule has 0 spiro atoms. The molecule has 6 heteroatoms. The molecule has 1 aliphatic rings. The predicted octanol–water partition coefficient (Wildman–Crippen LogP) is 5.72. The quantitative estimate of drug-likeness (QED) is 0.151. The van der Waals surface area contributed by atoms with E-state index in [9.17, 15) is 13.5 Å². The summed E-state index contributed by atoms with van der Waals surface area (Å²) in [5.74, 6) is -0.145. The number of hydrogen-bond donors (Lipinski definition) is 2. The number of hydrogen-bond acceptors (Lipinski definition) is 3. The number of quaternary nitrogens is 1. The Morgan fingerprint density at radius 2 is 1.10 bits per heavy atom. The van der Waals surface area contributed by atoms with E-state index in [1.165, 1.54) is 89.9 Å². The first-order chi connectivity index (χ1) is 14.4. The van der Waals surface area contributed by atoms with Gasteiger partial charge in [-0.2, -0.15) is 8.42 Å². The molecule has 1 fully saturated rings. The van der Waals surface area contributed by atoms with Gasteiger partial charge in [0.15, 0.2) is 0 Å². The van der Waals surface area contributed by atoms with E-state index in [1.54, 1.807) is 0 Å². The molecule has 1 rings (SSSR count). The molecule has 0 radical (unpaired) electrons. The summed E-state index contributed by atoms with van der Waals surface area (Å²) in [5, 5.41) is 9.84. The van der Waals surface area contributed by atoms with Crippen molar-refractivity contribution in [3.05, 3.63) is 0 Å². The van der Waals surface area contributed by atoms with Gasteiger partial charge in [-0.15, -0.1) is 0 Å². The van der Waals surface area contributed by atoms with Crippen LogP contribution in [0.1, 0.15) is 116 Å². The zero-order chi connectivity index (χ0) is 22.1. The maximum atomic E-state index is 11.0. The van der Waals surface area contributed by atoms with E-state index in [0.717, 1.165) is 43.5 Å². The monoisotopic (exact) mass is 448 g/mol. The van der Waals surface area contributed by atoms with Gasteiger partial charge in [-0.25, -0.2) is 0 Å². The average Bonchev–Trinajstić information content (AvgIpc) is 2.69. The molecule has 5 nitrogen and oxygen atoms in total. The van der Waals surface area contributed by atoms with Gasteiger partial charge in [0.2, 0.25) is 0 Å². The molecule has 180 valence electrons. The van der Waals surface area contributed by atoms with Crippen LogP contribution in [-0.2, 0) is 10.1 Å². The fourth-order valence-electron chi connectivity index (χ4n) is 4.89. The molecule has 0 amide bonds. The zero-order valence-electron chi connectivity index (χ0n) is 19.7. The first-order valence-corrected chi connectivity index (χ1v) is 14.5. The lowest BCUT2D eigenvalue weighted by Gasteiger charge is -2.43. The molecule has 0 aromatic carbocycles. The Hall–Kier alpha value is -0.170. The highest BCUT2D eigenvalue weighted by Crippen LogP contribution is 2.22. The van der Waals surface area contributed by atoms with Gasteiger partial charge in [-0.05, 0) is 12.8 Å². The molecule has 0 aliphatic carbocycles. The van der Waals surface area contributed by atoms with Crippen LogP contribution in [-0.4, -0.2) is 60.6 Å². The van der Waals surface area contributed by atoms with Gasteiger partial charge in [0.05, 0.1) is 38.0 Å². The van der Waals surface area contributed by atoms with Crippen LogP contribution >= 0.6 is 0 Å². The fourth-order valence-corrected chi connectivity index (χ4v) is 5.38. The Morgan fingerprint density at radius 1 is 0.700 bits per heavy atom. The van der Waals surface area contributed by atoms with Gasteiger partial charge in [-0.3, -0.25) is 4.55 Å². The Bertz CT molecular complexity index is 501. The van der Waals surface area contributed by atoms with Crippen LogP contribution in [0.2, 0.25) is 0 Å². The third kappa shape index (κ3) is 14.8. The number of rotatable bonds is 19. The molecule has 0 aromatic heterocycles. The van der Waals surface area contributed by atoms with E-state index in [4.69, 9.17) is 4.55 Å². The Labute approximate surface area is 187 Å². The minimum Gasteiger partial charge on any atom is -0.393 e. The number of aliphatic hydroxyl groups excluding tert-OH is 1. The van der Waals surface area contributed by atoms with Crippen molar-refractivity contribution >= 4 is 10.1 Å². The minimum absolute atomic E-state index is 0.145. The molecule has 0 saturated carbocycles. The summed E-state index contributed by atoms with van der Waals surface area (Å²) >= 11 is 0. The van der Waals surface area contributed by atoms with Crippen molar-refractivity contribution in [3.8, 4) is 0 Å². The van der Waals surface area contributed by atoms with Crippen LogP contribution in [0.15, 0.2) is 0 Å². The molecule has 0 atom stereocenters. The molecular weight excluding hydrogens is 398 g/mol. The van der Waals surface area contributed by atoms with E-state index in [0.29, 0.717) is 6.42 Å². The van der Waals surface area contributed by atoms with Crippen molar-refractivity contribution in [1.29, 1.82) is 0 Å². The molecular formula is C24H50NO4S+. The number of nitrogens with zero attached hydrogens (tertiary/aromatic N) is 1. The Balaban J connectivity index is 2.06. The number of aliphatic hydroxyl groups is 1. The van der Waals surface area contributed by atoms with Gasteiger partial charge in [-0.1, -0.05) is 84.0 Å². The molecule has 0 aromatic rings. The van der Waals surface area contributed by atoms with Gasteiger partial charge in [0.25, 0.3) is 10.1 Å². The van der Waals surface area contributed by atoms with E-state index >= 15 is 0 Å². The Morgan fingerprint density at radius 3 is 1.53 bits per heavy atom. The van der Waals surface area contributed by atoms with Crippen molar-refractivity contribution in [3.63, 3.8) is 0 Å². The van der Waals surface area contributed by atoms with Gasteiger partial charge >= 0.3 is 0 Å². The standard InChI is InChI=1S/C24H49NO4S/c1-2-3-4-5-6-7-8-9-10-11-12-13-14-15-19-25(20-16-23-30(27,28)29)21-17-24(26)18-22-25/h24,26H,2-23H2,1H3/p+1. The average molecular weight is 449 g/mol. The van der Waals surface area contributed by atoms with Crippen molar-refractivity contribution in [2.45, 2.75) is 122 Å². The molecule has 1 saturated heterocycles. The van der Waals surface area contributed by atoms with Crippen molar-refractivity contribution in [1.82, 2.24) is 0 Å². The summed E-state index contributed by atoms with van der Waals surface area (Å²) in [6, 6.07) is 0. The third-order valence-corrected chi connectivity index (χ3v) is 7.70. The van der Waals surface area contributed by atoms with E-state index in [1.807, 2.05) is 0 Å². The largest absolute Gasteiger partial charge is 0.393 e. The fraction of sp³-hybridized carbons (Fsp3) is 1.00. The predicted molar refractivity (Wildman–Crippen MR) is 126 cm³/mol. The van der Waals surface area contributed by atoms with Crippen molar-refractivity contribution < 1.29 is 22.6 Å². The molecule has 1 aliphatic heterocycles. The zero-order valence-corrected chi connectivity index (χ0v) is 20.5. The molecule has 0 bridgehead atoms. The van der Waals surface area contributed by atoms with Crippen LogP contribution in [0, 0.1) is 0 Å². The van der Waals surface area contributed by atoms with Crippen molar-refractivity contribution in [2.24, 2.45) is 0 Å². The smallest absolute Gasteiger partial charge is 0.265 e. The SMILES string of the molecule is CCCCCCCCCCCCCCCC[N+]1(CCCS(=O)(=O)O)CCC(O)CC1. The second kappa shape index (κ2) is 16.5. The lowest BCUT2D eigenvalue weighted by Crippen LogP contribution is -2.55. The lowest BCUT2D eigenvalue weighted by atomic mass is 10.0. The van der Waals surface area contributed by atoms with Crippen molar-refractivity contribution in [2.75, 3.05) is 31.9 Å². The second-order valence-electron chi connectivity index (χ2n) is 9.70. The molecule has 0 unspecified atom stereocenters. The third-order valence-electron chi connectivity index (χ3n) is 6.89. The minimum atomic E-state index is -3.87. The summed E-state index contributed by atoms with van der Waals surface area (Å²) in [6.07, 6.45) is 20.9. The first kappa shape index (κ1) is 27.9. The second-order valence-corrected chi connectivity index (χ2v) is 11.3. The summed E-state index contributed by atoms with van der Waals surface area (Å²) in [6.45, 7) is 6.02.